The molecule has 0 aliphatic heterocycles. The predicted octanol–water partition coefficient (Wildman–Crippen LogP) is 2.15. The van der Waals surface area contributed by atoms with Gasteiger partial charge in [-0.05, 0) is 26.8 Å². The number of hydrogen-bond donors (Lipinski definition) is 1. The summed E-state index contributed by atoms with van der Waals surface area (Å²) in [5.74, 6) is 0. The minimum Gasteiger partial charge on any atom is -0.300 e. The van der Waals surface area contributed by atoms with E-state index < -0.39 is 18.8 Å². The molecule has 1 N–H and O–H groups in total. The molecule has 0 radical (unpaired) electrons. The molecule has 1 atom stereocenters. The first-order chi connectivity index (χ1) is 7.78. The van der Waals surface area contributed by atoms with Crippen molar-refractivity contribution in [3.63, 3.8) is 0 Å². The van der Waals surface area contributed by atoms with Gasteiger partial charge in [-0.2, -0.15) is 18.4 Å². The topological polar surface area (TPSA) is 39.1 Å². The fourth-order valence-corrected chi connectivity index (χ4v) is 1.50. The van der Waals surface area contributed by atoms with Crippen LogP contribution in [0, 0.1) is 11.3 Å². The fraction of sp³-hybridized carbons (Fsp3) is 0.909. The molecule has 17 heavy (non-hydrogen) atoms. The van der Waals surface area contributed by atoms with Crippen molar-refractivity contribution < 1.29 is 13.2 Å². The van der Waals surface area contributed by atoms with Crippen LogP contribution in [0.3, 0.4) is 0 Å². The second-order valence-electron chi connectivity index (χ2n) is 4.28. The van der Waals surface area contributed by atoms with E-state index in [1.165, 1.54) is 4.90 Å². The molecule has 0 rings (SSSR count). The summed E-state index contributed by atoms with van der Waals surface area (Å²) < 4.78 is 36.6. The van der Waals surface area contributed by atoms with E-state index in [9.17, 15) is 13.2 Å². The van der Waals surface area contributed by atoms with Crippen LogP contribution in [0.1, 0.15) is 27.2 Å². The van der Waals surface area contributed by atoms with Gasteiger partial charge in [-0.25, -0.2) is 0 Å². The Hall–Kier alpha value is -0.800. The molecule has 0 amide bonds. The van der Waals surface area contributed by atoms with E-state index in [1.54, 1.807) is 6.92 Å². The highest BCUT2D eigenvalue weighted by atomic mass is 19.4. The van der Waals surface area contributed by atoms with E-state index in [0.29, 0.717) is 13.0 Å². The maximum Gasteiger partial charge on any atom is 0.401 e. The Labute approximate surface area is 101 Å². The molecule has 3 nitrogen and oxygen atoms in total. The number of rotatable bonds is 7. The lowest BCUT2D eigenvalue weighted by molar-refractivity contribution is -0.145. The SMILES string of the molecule is CCN(CCC(C#N)NC(C)C)CC(F)(F)F. The minimum atomic E-state index is -4.18. The van der Waals surface area contributed by atoms with E-state index in [0.717, 1.165) is 0 Å². The molecule has 0 aliphatic rings. The van der Waals surface area contributed by atoms with Gasteiger partial charge < -0.3 is 0 Å². The Morgan fingerprint density at radius 1 is 1.35 bits per heavy atom. The number of halogens is 3. The standard InChI is InChI=1S/C11H20F3N3/c1-4-17(8-11(12,13)14)6-5-10(7-15)16-9(2)3/h9-10,16H,4-6,8H2,1-3H3. The molecule has 0 aromatic heterocycles. The van der Waals surface area contributed by atoms with Gasteiger partial charge in [-0.15, -0.1) is 0 Å². The molecule has 0 saturated carbocycles. The molecule has 100 valence electrons. The fourth-order valence-electron chi connectivity index (χ4n) is 1.50. The third-order valence-electron chi connectivity index (χ3n) is 2.27. The molecule has 1 unspecified atom stereocenters. The summed E-state index contributed by atoms with van der Waals surface area (Å²) in [6.07, 6.45) is -3.78. The van der Waals surface area contributed by atoms with E-state index in [4.69, 9.17) is 5.26 Å². The van der Waals surface area contributed by atoms with Gasteiger partial charge >= 0.3 is 6.18 Å². The minimum absolute atomic E-state index is 0.150. The normalized spacial score (nSPS) is 14.1. The van der Waals surface area contributed by atoms with E-state index in [1.807, 2.05) is 13.8 Å². The molecule has 0 bridgehead atoms. The van der Waals surface area contributed by atoms with Crippen LogP contribution in [0.5, 0.6) is 0 Å². The van der Waals surface area contributed by atoms with Crippen LogP contribution in [0.4, 0.5) is 13.2 Å². The molecule has 0 saturated heterocycles. The Kier molecular flexibility index (Phi) is 7.16. The van der Waals surface area contributed by atoms with Crippen molar-refractivity contribution in [2.24, 2.45) is 0 Å². The summed E-state index contributed by atoms with van der Waals surface area (Å²) >= 11 is 0. The zero-order chi connectivity index (χ0) is 13.5. The number of alkyl halides is 3. The van der Waals surface area contributed by atoms with Gasteiger partial charge in [-0.3, -0.25) is 10.2 Å². The zero-order valence-corrected chi connectivity index (χ0v) is 10.5. The number of hydrogen-bond acceptors (Lipinski definition) is 3. The van der Waals surface area contributed by atoms with Gasteiger partial charge in [0.2, 0.25) is 0 Å². The number of nitrogens with zero attached hydrogens (tertiary/aromatic N) is 2. The van der Waals surface area contributed by atoms with Crippen LogP contribution >= 0.6 is 0 Å². The zero-order valence-electron chi connectivity index (χ0n) is 10.5. The maximum absolute atomic E-state index is 12.2. The van der Waals surface area contributed by atoms with E-state index in [2.05, 4.69) is 11.4 Å². The lowest BCUT2D eigenvalue weighted by Gasteiger charge is -2.23. The first kappa shape index (κ1) is 16.2. The first-order valence-corrected chi connectivity index (χ1v) is 5.73. The molecule has 6 heteroatoms. The van der Waals surface area contributed by atoms with Gasteiger partial charge in [0, 0.05) is 12.6 Å². The second-order valence-corrected chi connectivity index (χ2v) is 4.28. The highest BCUT2D eigenvalue weighted by molar-refractivity contribution is 4.91. The second kappa shape index (κ2) is 7.51. The highest BCUT2D eigenvalue weighted by Crippen LogP contribution is 2.16. The lowest BCUT2D eigenvalue weighted by atomic mass is 10.2. The van der Waals surface area contributed by atoms with Crippen molar-refractivity contribution in [3.05, 3.63) is 0 Å². The third kappa shape index (κ3) is 8.95. The van der Waals surface area contributed by atoms with Gasteiger partial charge in [0.1, 0.15) is 0 Å². The smallest absolute Gasteiger partial charge is 0.300 e. The van der Waals surface area contributed by atoms with Crippen LogP contribution in [0.2, 0.25) is 0 Å². The molecular weight excluding hydrogens is 231 g/mol. The largest absolute Gasteiger partial charge is 0.401 e. The summed E-state index contributed by atoms with van der Waals surface area (Å²) in [6, 6.07) is 1.82. The van der Waals surface area contributed by atoms with Gasteiger partial charge in [0.05, 0.1) is 18.7 Å². The molecule has 0 spiro atoms. The van der Waals surface area contributed by atoms with Crippen LogP contribution < -0.4 is 5.32 Å². The van der Waals surface area contributed by atoms with Crippen LogP contribution in [-0.2, 0) is 0 Å². The van der Waals surface area contributed by atoms with Crippen molar-refractivity contribution in [1.82, 2.24) is 10.2 Å². The van der Waals surface area contributed by atoms with Crippen LogP contribution in [-0.4, -0.2) is 42.8 Å². The highest BCUT2D eigenvalue weighted by Gasteiger charge is 2.30. The van der Waals surface area contributed by atoms with Crippen molar-refractivity contribution >= 4 is 0 Å². The lowest BCUT2D eigenvalue weighted by Crippen LogP contribution is -2.39. The summed E-state index contributed by atoms with van der Waals surface area (Å²) in [6.45, 7) is 5.18. The summed E-state index contributed by atoms with van der Waals surface area (Å²) in [5, 5.41) is 11.8. The molecular formula is C11H20F3N3. The predicted molar refractivity (Wildman–Crippen MR) is 60.5 cm³/mol. The quantitative estimate of drug-likeness (QED) is 0.753. The Balaban J connectivity index is 4.09. The maximum atomic E-state index is 12.2. The van der Waals surface area contributed by atoms with Gasteiger partial charge in [-0.1, -0.05) is 6.92 Å². The molecule has 0 aromatic rings. The van der Waals surface area contributed by atoms with Crippen LogP contribution in [0.15, 0.2) is 0 Å². The monoisotopic (exact) mass is 251 g/mol. The van der Waals surface area contributed by atoms with Gasteiger partial charge in [0.15, 0.2) is 0 Å². The van der Waals surface area contributed by atoms with E-state index >= 15 is 0 Å². The van der Waals surface area contributed by atoms with Crippen molar-refractivity contribution in [1.29, 1.82) is 5.26 Å². The Morgan fingerprint density at radius 2 is 1.94 bits per heavy atom. The van der Waals surface area contributed by atoms with Crippen molar-refractivity contribution in [2.45, 2.75) is 45.5 Å². The Bertz CT molecular complexity index is 245. The Morgan fingerprint density at radius 3 is 2.29 bits per heavy atom. The molecule has 0 aromatic carbocycles. The average Bonchev–Trinajstić information content (AvgIpc) is 2.19. The summed E-state index contributed by atoms with van der Waals surface area (Å²) in [4.78, 5) is 1.30. The molecule has 0 fully saturated rings. The third-order valence-corrected chi connectivity index (χ3v) is 2.27. The first-order valence-electron chi connectivity index (χ1n) is 5.73. The van der Waals surface area contributed by atoms with Gasteiger partial charge in [0.25, 0.3) is 0 Å². The van der Waals surface area contributed by atoms with Crippen molar-refractivity contribution in [2.75, 3.05) is 19.6 Å². The van der Waals surface area contributed by atoms with E-state index in [-0.39, 0.29) is 12.6 Å². The average molecular weight is 251 g/mol. The molecule has 0 heterocycles. The number of nitrogens with one attached hydrogen (secondary N) is 1. The van der Waals surface area contributed by atoms with Crippen LogP contribution in [0.25, 0.3) is 0 Å². The van der Waals surface area contributed by atoms with Crippen molar-refractivity contribution in [3.8, 4) is 6.07 Å². The number of nitriles is 1. The molecule has 0 aliphatic carbocycles. The summed E-state index contributed by atoms with van der Waals surface area (Å²) in [7, 11) is 0. The summed E-state index contributed by atoms with van der Waals surface area (Å²) in [5.41, 5.74) is 0.